The van der Waals surface area contributed by atoms with Crippen LogP contribution in [0.15, 0.2) is 0 Å². The first-order valence-corrected chi connectivity index (χ1v) is 7.32. The Kier molecular flexibility index (Phi) is 3.33. The van der Waals surface area contributed by atoms with Gasteiger partial charge >= 0.3 is 0 Å². The van der Waals surface area contributed by atoms with E-state index in [9.17, 15) is 0 Å². The highest BCUT2D eigenvalue weighted by Gasteiger charge is 2.64. The smallest absolute Gasteiger partial charge is 0.0181 e. The molecule has 0 unspecified atom stereocenters. The summed E-state index contributed by atoms with van der Waals surface area (Å²) in [6.45, 7) is 10.5. The minimum atomic E-state index is 0.133. The van der Waals surface area contributed by atoms with Crippen molar-refractivity contribution in [2.45, 2.75) is 77.8 Å². The summed E-state index contributed by atoms with van der Waals surface area (Å²) in [5.74, 6) is 0. The summed E-state index contributed by atoms with van der Waals surface area (Å²) < 4.78 is 0. The van der Waals surface area contributed by atoms with E-state index < -0.39 is 0 Å². The standard InChI is InChI=1S/C15H30N2/c1-13(2)12(14(13,3)4)17-11-10-15(16)8-6-5-7-9-15/h12,17H,5-11,16H2,1-4H3. The van der Waals surface area contributed by atoms with Crippen LogP contribution in [0, 0.1) is 10.8 Å². The van der Waals surface area contributed by atoms with Crippen LogP contribution < -0.4 is 11.1 Å². The molecule has 0 aliphatic heterocycles. The lowest BCUT2D eigenvalue weighted by Gasteiger charge is -2.33. The molecule has 0 heterocycles. The number of nitrogens with one attached hydrogen (secondary N) is 1. The van der Waals surface area contributed by atoms with E-state index in [2.05, 4.69) is 33.0 Å². The van der Waals surface area contributed by atoms with E-state index in [1.165, 1.54) is 32.1 Å². The molecule has 2 nitrogen and oxygen atoms in total. The Balaban J connectivity index is 1.74. The zero-order valence-corrected chi connectivity index (χ0v) is 12.1. The summed E-state index contributed by atoms with van der Waals surface area (Å²) in [7, 11) is 0. The highest BCUT2D eigenvalue weighted by Crippen LogP contribution is 2.62. The van der Waals surface area contributed by atoms with Crippen LogP contribution in [0.3, 0.4) is 0 Å². The van der Waals surface area contributed by atoms with E-state index in [0.29, 0.717) is 16.9 Å². The van der Waals surface area contributed by atoms with Crippen molar-refractivity contribution in [3.63, 3.8) is 0 Å². The van der Waals surface area contributed by atoms with Gasteiger partial charge in [-0.2, -0.15) is 0 Å². The molecule has 2 rings (SSSR count). The van der Waals surface area contributed by atoms with Crippen LogP contribution in [0.25, 0.3) is 0 Å². The third kappa shape index (κ3) is 2.39. The van der Waals surface area contributed by atoms with Gasteiger partial charge in [-0.05, 0) is 36.6 Å². The molecule has 17 heavy (non-hydrogen) atoms. The molecule has 0 bridgehead atoms. The van der Waals surface area contributed by atoms with Crippen molar-refractivity contribution in [2.75, 3.05) is 6.54 Å². The molecule has 0 atom stereocenters. The lowest BCUT2D eigenvalue weighted by molar-refractivity contribution is 0.273. The van der Waals surface area contributed by atoms with Crippen LogP contribution in [0.5, 0.6) is 0 Å². The minimum Gasteiger partial charge on any atom is -0.325 e. The maximum absolute atomic E-state index is 6.46. The predicted octanol–water partition coefficient (Wildman–Crippen LogP) is 3.06. The monoisotopic (exact) mass is 238 g/mol. The molecule has 0 amide bonds. The lowest BCUT2D eigenvalue weighted by atomic mass is 9.80. The summed E-state index contributed by atoms with van der Waals surface area (Å²) in [6.07, 6.45) is 7.65. The fourth-order valence-corrected chi connectivity index (χ4v) is 3.68. The van der Waals surface area contributed by atoms with Crippen LogP contribution in [-0.4, -0.2) is 18.1 Å². The molecule has 3 N–H and O–H groups in total. The molecule has 0 aromatic rings. The molecule has 2 aliphatic carbocycles. The SMILES string of the molecule is CC1(C)C(NCCC2(N)CCCCC2)C1(C)C. The topological polar surface area (TPSA) is 38.0 Å². The van der Waals surface area contributed by atoms with E-state index in [1.807, 2.05) is 0 Å². The molecular formula is C15H30N2. The largest absolute Gasteiger partial charge is 0.325 e. The summed E-state index contributed by atoms with van der Waals surface area (Å²) in [5, 5.41) is 3.73. The second kappa shape index (κ2) is 4.24. The Bertz CT molecular complexity index is 261. The molecule has 0 aromatic heterocycles. The minimum absolute atomic E-state index is 0.133. The molecule has 0 radical (unpaired) electrons. The second-order valence-electron chi connectivity index (χ2n) is 7.50. The van der Waals surface area contributed by atoms with E-state index in [4.69, 9.17) is 5.73 Å². The van der Waals surface area contributed by atoms with Crippen molar-refractivity contribution in [1.82, 2.24) is 5.32 Å². The Labute approximate surface area is 107 Å². The molecule has 0 spiro atoms. The van der Waals surface area contributed by atoms with Gasteiger partial charge < -0.3 is 11.1 Å². The van der Waals surface area contributed by atoms with Crippen molar-refractivity contribution in [1.29, 1.82) is 0 Å². The van der Waals surface area contributed by atoms with Gasteiger partial charge in [0.05, 0.1) is 0 Å². The first-order valence-electron chi connectivity index (χ1n) is 7.32. The van der Waals surface area contributed by atoms with Gasteiger partial charge in [-0.3, -0.25) is 0 Å². The Morgan fingerprint density at radius 3 is 2.00 bits per heavy atom. The molecular weight excluding hydrogens is 208 g/mol. The third-order valence-corrected chi connectivity index (χ3v) is 5.84. The van der Waals surface area contributed by atoms with Crippen molar-refractivity contribution >= 4 is 0 Å². The summed E-state index contributed by atoms with van der Waals surface area (Å²) >= 11 is 0. The van der Waals surface area contributed by atoms with Gasteiger partial charge in [-0.15, -0.1) is 0 Å². The molecule has 2 heteroatoms. The van der Waals surface area contributed by atoms with Crippen molar-refractivity contribution in [2.24, 2.45) is 16.6 Å². The van der Waals surface area contributed by atoms with Crippen molar-refractivity contribution < 1.29 is 0 Å². The average Bonchev–Trinajstić information content (AvgIpc) is 2.61. The maximum atomic E-state index is 6.46. The molecule has 100 valence electrons. The molecule has 0 saturated heterocycles. The lowest BCUT2D eigenvalue weighted by Crippen LogP contribution is -2.44. The zero-order valence-electron chi connectivity index (χ0n) is 12.1. The van der Waals surface area contributed by atoms with E-state index in [1.54, 1.807) is 0 Å². The number of nitrogens with two attached hydrogens (primary N) is 1. The van der Waals surface area contributed by atoms with Gasteiger partial charge in [-0.25, -0.2) is 0 Å². The van der Waals surface area contributed by atoms with Gasteiger partial charge in [-0.1, -0.05) is 47.0 Å². The van der Waals surface area contributed by atoms with Crippen LogP contribution in [0.1, 0.15) is 66.2 Å². The normalized spacial score (nSPS) is 30.2. The summed E-state index contributed by atoms with van der Waals surface area (Å²) in [4.78, 5) is 0. The van der Waals surface area contributed by atoms with E-state index in [-0.39, 0.29) is 5.54 Å². The van der Waals surface area contributed by atoms with Gasteiger partial charge in [0.1, 0.15) is 0 Å². The average molecular weight is 238 g/mol. The predicted molar refractivity (Wildman–Crippen MR) is 74.0 cm³/mol. The molecule has 2 aliphatic rings. The van der Waals surface area contributed by atoms with Gasteiger partial charge in [0.2, 0.25) is 0 Å². The van der Waals surface area contributed by atoms with Crippen molar-refractivity contribution in [3.05, 3.63) is 0 Å². The van der Waals surface area contributed by atoms with Gasteiger partial charge in [0, 0.05) is 11.6 Å². The number of hydrogen-bond acceptors (Lipinski definition) is 2. The van der Waals surface area contributed by atoms with Crippen LogP contribution >= 0.6 is 0 Å². The first kappa shape index (κ1) is 13.4. The quantitative estimate of drug-likeness (QED) is 0.790. The fourth-order valence-electron chi connectivity index (χ4n) is 3.68. The number of rotatable bonds is 4. The molecule has 2 saturated carbocycles. The van der Waals surface area contributed by atoms with Gasteiger partial charge in [0.25, 0.3) is 0 Å². The third-order valence-electron chi connectivity index (χ3n) is 5.84. The van der Waals surface area contributed by atoms with E-state index >= 15 is 0 Å². The molecule has 0 aromatic carbocycles. The Hall–Kier alpha value is -0.0800. The highest BCUT2D eigenvalue weighted by atomic mass is 15.0. The zero-order chi connectivity index (χ0) is 12.7. The first-order chi connectivity index (χ1) is 7.80. The summed E-state index contributed by atoms with van der Waals surface area (Å²) in [5.41, 5.74) is 7.49. The van der Waals surface area contributed by atoms with Gasteiger partial charge in [0.15, 0.2) is 0 Å². The molecule has 2 fully saturated rings. The Morgan fingerprint density at radius 2 is 1.53 bits per heavy atom. The second-order valence-corrected chi connectivity index (χ2v) is 7.50. The Morgan fingerprint density at radius 1 is 1.00 bits per heavy atom. The van der Waals surface area contributed by atoms with Crippen LogP contribution in [-0.2, 0) is 0 Å². The highest BCUT2D eigenvalue weighted by molar-refractivity contribution is 5.17. The van der Waals surface area contributed by atoms with Crippen LogP contribution in [0.2, 0.25) is 0 Å². The van der Waals surface area contributed by atoms with Crippen molar-refractivity contribution in [3.8, 4) is 0 Å². The maximum Gasteiger partial charge on any atom is 0.0181 e. The number of hydrogen-bond donors (Lipinski definition) is 2. The van der Waals surface area contributed by atoms with Crippen LogP contribution in [0.4, 0.5) is 0 Å². The fraction of sp³-hybridized carbons (Fsp3) is 1.00. The van der Waals surface area contributed by atoms with E-state index in [0.717, 1.165) is 13.0 Å². The summed E-state index contributed by atoms with van der Waals surface area (Å²) in [6, 6.07) is 0.669.